The van der Waals surface area contributed by atoms with Crippen LogP contribution >= 0.6 is 51.2 Å². The topological polar surface area (TPSA) is 73.8 Å². The quantitative estimate of drug-likeness (QED) is 0.310. The van der Waals surface area contributed by atoms with Gasteiger partial charge in [-0.3, -0.25) is 4.99 Å². The first-order valence-corrected chi connectivity index (χ1v) is 10.7. The lowest BCUT2D eigenvalue weighted by Crippen LogP contribution is -2.46. The van der Waals surface area contributed by atoms with Crippen LogP contribution in [0.1, 0.15) is 25.6 Å². The summed E-state index contributed by atoms with van der Waals surface area (Å²) in [5, 5.41) is 3.24. The molecule has 0 saturated carbocycles. The molecule has 2 N–H and O–H groups in total. The number of rotatable bonds is 7. The molecule has 1 aromatic rings. The second-order valence-corrected chi connectivity index (χ2v) is 10.3. The molecule has 0 bridgehead atoms. The molecule has 1 aromatic heterocycles. The molecule has 0 unspecified atom stereocenters. The van der Waals surface area contributed by atoms with Gasteiger partial charge in [0.2, 0.25) is 10.0 Å². The predicted molar refractivity (Wildman–Crippen MR) is 117 cm³/mol. The van der Waals surface area contributed by atoms with E-state index in [2.05, 4.69) is 37.0 Å². The summed E-state index contributed by atoms with van der Waals surface area (Å²) in [4.78, 5) is 7.82. The van der Waals surface area contributed by atoms with E-state index in [-0.39, 0.29) is 24.0 Å². The maximum atomic E-state index is 11.4. The lowest BCUT2D eigenvalue weighted by Gasteiger charge is -2.26. The second-order valence-electron chi connectivity index (χ2n) is 5.99. The Balaban J connectivity index is 0.00000529. The first kappa shape index (κ1) is 24.1. The second kappa shape index (κ2) is 10.3. The van der Waals surface area contributed by atoms with E-state index in [4.69, 9.17) is 0 Å². The zero-order chi connectivity index (χ0) is 17.7. The zero-order valence-corrected chi connectivity index (χ0v) is 20.1. The molecule has 0 aliphatic heterocycles. The highest BCUT2D eigenvalue weighted by Crippen LogP contribution is 2.23. The number of thiophene rings is 1. The Hall–Kier alpha value is 0.0900. The summed E-state index contributed by atoms with van der Waals surface area (Å²) in [6.07, 6.45) is 1.16. The Labute approximate surface area is 174 Å². The van der Waals surface area contributed by atoms with Crippen LogP contribution in [0.4, 0.5) is 0 Å². The van der Waals surface area contributed by atoms with Gasteiger partial charge in [0, 0.05) is 24.0 Å². The molecule has 0 aliphatic rings. The standard InChI is InChI=1S/C14H25BrN4O2S2.HI/c1-6-16-13(17-10-14(2,3)18-23(5,20)21)19(4)9-11-7-8-12(15)22-11;/h7-8,18H,6,9-10H2,1-5H3,(H,16,17);1H. The third kappa shape index (κ3) is 9.54. The predicted octanol–water partition coefficient (Wildman–Crippen LogP) is 2.85. The highest BCUT2D eigenvalue weighted by atomic mass is 127. The van der Waals surface area contributed by atoms with E-state index in [0.717, 1.165) is 29.1 Å². The molecule has 0 saturated heterocycles. The van der Waals surface area contributed by atoms with Crippen molar-refractivity contribution in [1.29, 1.82) is 0 Å². The van der Waals surface area contributed by atoms with Crippen molar-refractivity contribution in [2.75, 3.05) is 26.4 Å². The van der Waals surface area contributed by atoms with Crippen LogP contribution < -0.4 is 10.0 Å². The van der Waals surface area contributed by atoms with Crippen LogP contribution in [-0.2, 0) is 16.6 Å². The third-order valence-electron chi connectivity index (χ3n) is 2.80. The van der Waals surface area contributed by atoms with Crippen LogP contribution in [0.5, 0.6) is 0 Å². The number of guanidine groups is 1. The fourth-order valence-corrected chi connectivity index (χ4v) is 4.63. The zero-order valence-electron chi connectivity index (χ0n) is 14.6. The Morgan fingerprint density at radius 2 is 2.04 bits per heavy atom. The van der Waals surface area contributed by atoms with E-state index in [0.29, 0.717) is 6.54 Å². The van der Waals surface area contributed by atoms with Gasteiger partial charge in [0.1, 0.15) is 0 Å². The van der Waals surface area contributed by atoms with Crippen molar-refractivity contribution >= 4 is 67.2 Å². The van der Waals surface area contributed by atoms with Gasteiger partial charge in [-0.05, 0) is 48.8 Å². The molecule has 0 atom stereocenters. The number of hydrogen-bond acceptors (Lipinski definition) is 4. The van der Waals surface area contributed by atoms with Crippen molar-refractivity contribution in [3.63, 3.8) is 0 Å². The summed E-state index contributed by atoms with van der Waals surface area (Å²) in [6.45, 7) is 7.47. The molecule has 24 heavy (non-hydrogen) atoms. The Morgan fingerprint density at radius 3 is 2.50 bits per heavy atom. The van der Waals surface area contributed by atoms with Crippen molar-refractivity contribution in [3.8, 4) is 0 Å². The summed E-state index contributed by atoms with van der Waals surface area (Å²) in [7, 11) is -1.30. The van der Waals surface area contributed by atoms with E-state index in [1.807, 2.05) is 38.8 Å². The number of halogens is 2. The molecule has 0 aromatic carbocycles. The lowest BCUT2D eigenvalue weighted by atomic mass is 10.1. The monoisotopic (exact) mass is 552 g/mol. The van der Waals surface area contributed by atoms with Crippen molar-refractivity contribution in [2.45, 2.75) is 32.9 Å². The van der Waals surface area contributed by atoms with Gasteiger partial charge in [-0.2, -0.15) is 0 Å². The normalized spacial score (nSPS) is 12.7. The molecular formula is C14H26BrIN4O2S2. The third-order valence-corrected chi connectivity index (χ3v) is 5.34. The van der Waals surface area contributed by atoms with Crippen LogP contribution in [0.15, 0.2) is 20.9 Å². The van der Waals surface area contributed by atoms with Gasteiger partial charge >= 0.3 is 0 Å². The van der Waals surface area contributed by atoms with Gasteiger partial charge < -0.3 is 10.2 Å². The van der Waals surface area contributed by atoms with Crippen LogP contribution in [0.3, 0.4) is 0 Å². The van der Waals surface area contributed by atoms with Crippen molar-refractivity contribution < 1.29 is 8.42 Å². The minimum Gasteiger partial charge on any atom is -0.357 e. The number of aliphatic imine (C=N–C) groups is 1. The summed E-state index contributed by atoms with van der Waals surface area (Å²) in [5.74, 6) is 0.750. The van der Waals surface area contributed by atoms with Gasteiger partial charge in [-0.1, -0.05) is 0 Å². The fourth-order valence-electron chi connectivity index (χ4n) is 2.02. The Bertz CT molecular complexity index is 647. The lowest BCUT2D eigenvalue weighted by molar-refractivity contribution is 0.448. The van der Waals surface area contributed by atoms with Crippen LogP contribution in [0, 0.1) is 0 Å². The molecule has 6 nitrogen and oxygen atoms in total. The SMILES string of the molecule is CCNC(=NCC(C)(C)NS(C)(=O)=O)N(C)Cc1ccc(Br)s1.I. The van der Waals surface area contributed by atoms with Crippen molar-refractivity contribution in [2.24, 2.45) is 4.99 Å². The molecule has 0 spiro atoms. The van der Waals surface area contributed by atoms with Gasteiger partial charge in [-0.15, -0.1) is 35.3 Å². The molecule has 0 amide bonds. The molecule has 1 rings (SSSR count). The molecule has 0 fully saturated rings. The van der Waals surface area contributed by atoms with Crippen molar-refractivity contribution in [3.05, 3.63) is 20.8 Å². The fraction of sp³-hybridized carbons (Fsp3) is 0.643. The van der Waals surface area contributed by atoms with E-state index < -0.39 is 15.6 Å². The van der Waals surface area contributed by atoms with Crippen LogP contribution in [0.2, 0.25) is 0 Å². The van der Waals surface area contributed by atoms with Gasteiger partial charge in [0.05, 0.1) is 23.1 Å². The average Bonchev–Trinajstić information content (AvgIpc) is 2.76. The van der Waals surface area contributed by atoms with Crippen molar-refractivity contribution in [1.82, 2.24) is 14.9 Å². The molecule has 1 heterocycles. The van der Waals surface area contributed by atoms with E-state index >= 15 is 0 Å². The molecule has 0 radical (unpaired) electrons. The summed E-state index contributed by atoms with van der Waals surface area (Å²) < 4.78 is 26.5. The van der Waals surface area contributed by atoms with E-state index in [1.54, 1.807) is 11.3 Å². The van der Waals surface area contributed by atoms with E-state index in [1.165, 1.54) is 4.88 Å². The number of nitrogens with one attached hydrogen (secondary N) is 2. The summed E-state index contributed by atoms with van der Waals surface area (Å²) >= 11 is 5.15. The Morgan fingerprint density at radius 1 is 1.42 bits per heavy atom. The largest absolute Gasteiger partial charge is 0.357 e. The van der Waals surface area contributed by atoms with Gasteiger partial charge in [-0.25, -0.2) is 13.1 Å². The number of nitrogens with zero attached hydrogens (tertiary/aromatic N) is 2. The first-order chi connectivity index (χ1) is 10.5. The maximum absolute atomic E-state index is 11.4. The molecule has 10 heteroatoms. The van der Waals surface area contributed by atoms with Crippen LogP contribution in [-0.4, -0.2) is 51.2 Å². The van der Waals surface area contributed by atoms with E-state index in [9.17, 15) is 8.42 Å². The highest BCUT2D eigenvalue weighted by Gasteiger charge is 2.22. The van der Waals surface area contributed by atoms with Gasteiger partial charge in [0.15, 0.2) is 5.96 Å². The van der Waals surface area contributed by atoms with Gasteiger partial charge in [0.25, 0.3) is 0 Å². The average molecular weight is 553 g/mol. The highest BCUT2D eigenvalue weighted by molar-refractivity contribution is 14.0. The number of sulfonamides is 1. The van der Waals surface area contributed by atoms with Crippen LogP contribution in [0.25, 0.3) is 0 Å². The smallest absolute Gasteiger partial charge is 0.209 e. The first-order valence-electron chi connectivity index (χ1n) is 7.25. The minimum atomic E-state index is -3.26. The molecular weight excluding hydrogens is 527 g/mol. The summed E-state index contributed by atoms with van der Waals surface area (Å²) in [6, 6.07) is 4.10. The Kier molecular flexibility index (Phi) is 10.3. The maximum Gasteiger partial charge on any atom is 0.209 e. The summed E-state index contributed by atoms with van der Waals surface area (Å²) in [5.41, 5.74) is -0.638. The molecule has 140 valence electrons. The number of hydrogen-bond donors (Lipinski definition) is 2. The minimum absolute atomic E-state index is 0. The molecule has 0 aliphatic carbocycles.